The highest BCUT2D eigenvalue weighted by atomic mass is 16.3. The highest BCUT2D eigenvalue weighted by Crippen LogP contribution is 2.29. The van der Waals surface area contributed by atoms with Gasteiger partial charge in [-0.1, -0.05) is 6.92 Å². The van der Waals surface area contributed by atoms with Gasteiger partial charge in [-0.3, -0.25) is 0 Å². The van der Waals surface area contributed by atoms with Gasteiger partial charge in [-0.05, 0) is 30.7 Å². The quantitative estimate of drug-likeness (QED) is 0.791. The predicted octanol–water partition coefficient (Wildman–Crippen LogP) is 1.52. The van der Waals surface area contributed by atoms with E-state index in [-0.39, 0.29) is 0 Å². The molecule has 1 aromatic rings. The van der Waals surface area contributed by atoms with Crippen molar-refractivity contribution in [1.82, 2.24) is 0 Å². The molecule has 0 unspecified atom stereocenters. The van der Waals surface area contributed by atoms with E-state index in [1.165, 1.54) is 0 Å². The number of benzene rings is 1. The van der Waals surface area contributed by atoms with Crippen LogP contribution >= 0.6 is 0 Å². The topological polar surface area (TPSA) is 47.3 Å². The first-order valence-electron chi connectivity index (χ1n) is 5.14. The van der Waals surface area contributed by atoms with E-state index in [9.17, 15) is 5.11 Å². The molecular formula is C12H14N2O. The fraction of sp³-hybridized carbons (Fsp3) is 0.417. The number of hydrogen-bond donors (Lipinski definition) is 1. The van der Waals surface area contributed by atoms with E-state index >= 15 is 0 Å². The minimum absolute atomic E-state index is 0.506. The fourth-order valence-electron chi connectivity index (χ4n) is 1.82. The molecule has 0 bridgehead atoms. The van der Waals surface area contributed by atoms with Crippen LogP contribution in [0.25, 0.3) is 0 Å². The van der Waals surface area contributed by atoms with E-state index in [0.717, 1.165) is 12.1 Å². The van der Waals surface area contributed by atoms with Crippen molar-refractivity contribution in [2.75, 3.05) is 18.0 Å². The third-order valence-electron chi connectivity index (χ3n) is 2.99. The van der Waals surface area contributed by atoms with Gasteiger partial charge in [0.05, 0.1) is 17.2 Å². The Morgan fingerprint density at radius 2 is 2.00 bits per heavy atom. The van der Waals surface area contributed by atoms with E-state index < -0.39 is 5.60 Å². The number of β-amino-alcohol motifs (C(OH)–C–C–N with tert-alkyl or cyclic N) is 1. The minimum Gasteiger partial charge on any atom is -0.386 e. The Kier molecular flexibility index (Phi) is 2.37. The molecule has 1 heterocycles. The Bertz CT molecular complexity index is 385. The average molecular weight is 202 g/mol. The molecule has 0 aromatic heterocycles. The van der Waals surface area contributed by atoms with Gasteiger partial charge in [0.15, 0.2) is 0 Å². The SMILES string of the molecule is CCC1(O)CN(c2ccc(C#N)cc2)C1. The zero-order chi connectivity index (χ0) is 10.9. The number of hydrogen-bond acceptors (Lipinski definition) is 3. The molecule has 0 atom stereocenters. The maximum absolute atomic E-state index is 9.86. The minimum atomic E-state index is -0.506. The maximum atomic E-state index is 9.86. The second-order valence-corrected chi connectivity index (χ2v) is 4.09. The lowest BCUT2D eigenvalue weighted by molar-refractivity contribution is 0.00853. The van der Waals surface area contributed by atoms with Crippen molar-refractivity contribution in [3.05, 3.63) is 29.8 Å². The van der Waals surface area contributed by atoms with Crippen LogP contribution in [0.5, 0.6) is 0 Å². The van der Waals surface area contributed by atoms with Crippen molar-refractivity contribution in [1.29, 1.82) is 5.26 Å². The summed E-state index contributed by atoms with van der Waals surface area (Å²) in [4.78, 5) is 2.12. The Morgan fingerprint density at radius 1 is 1.40 bits per heavy atom. The molecule has 0 saturated carbocycles. The molecule has 1 fully saturated rings. The van der Waals surface area contributed by atoms with Crippen molar-refractivity contribution < 1.29 is 5.11 Å². The lowest BCUT2D eigenvalue weighted by atomic mass is 9.91. The molecule has 1 aliphatic heterocycles. The van der Waals surface area contributed by atoms with Crippen molar-refractivity contribution >= 4 is 5.69 Å². The summed E-state index contributed by atoms with van der Waals surface area (Å²) >= 11 is 0. The van der Waals surface area contributed by atoms with Crippen LogP contribution in [0.3, 0.4) is 0 Å². The Balaban J connectivity index is 2.05. The molecule has 0 radical (unpaired) electrons. The van der Waals surface area contributed by atoms with Crippen LogP contribution < -0.4 is 4.90 Å². The molecule has 3 nitrogen and oxygen atoms in total. The summed E-state index contributed by atoms with van der Waals surface area (Å²) in [6, 6.07) is 9.55. The van der Waals surface area contributed by atoms with Crippen LogP contribution in [0.2, 0.25) is 0 Å². The second kappa shape index (κ2) is 3.56. The second-order valence-electron chi connectivity index (χ2n) is 4.09. The van der Waals surface area contributed by atoms with Gasteiger partial charge in [-0.15, -0.1) is 0 Å². The van der Waals surface area contributed by atoms with Crippen LogP contribution in [0.1, 0.15) is 18.9 Å². The van der Waals surface area contributed by atoms with Gasteiger partial charge in [0, 0.05) is 18.8 Å². The van der Waals surface area contributed by atoms with E-state index in [1.807, 2.05) is 19.1 Å². The van der Waals surface area contributed by atoms with Crippen LogP contribution in [-0.4, -0.2) is 23.8 Å². The summed E-state index contributed by atoms with van der Waals surface area (Å²) in [6.45, 7) is 3.38. The van der Waals surface area contributed by atoms with Gasteiger partial charge in [-0.2, -0.15) is 5.26 Å². The van der Waals surface area contributed by atoms with Gasteiger partial charge in [0.2, 0.25) is 0 Å². The molecule has 0 aliphatic carbocycles. The highest BCUT2D eigenvalue weighted by molar-refractivity contribution is 5.52. The zero-order valence-corrected chi connectivity index (χ0v) is 8.77. The number of aliphatic hydroxyl groups is 1. The zero-order valence-electron chi connectivity index (χ0n) is 8.77. The number of nitrogens with zero attached hydrogens (tertiary/aromatic N) is 2. The highest BCUT2D eigenvalue weighted by Gasteiger charge is 2.39. The Morgan fingerprint density at radius 3 is 2.47 bits per heavy atom. The summed E-state index contributed by atoms with van der Waals surface area (Å²) in [5.74, 6) is 0. The fourth-order valence-corrected chi connectivity index (χ4v) is 1.82. The van der Waals surface area contributed by atoms with Gasteiger partial charge in [0.1, 0.15) is 0 Å². The Labute approximate surface area is 89.6 Å². The smallest absolute Gasteiger partial charge is 0.0992 e. The average Bonchev–Trinajstić information content (AvgIpc) is 2.25. The van der Waals surface area contributed by atoms with E-state index in [4.69, 9.17) is 5.26 Å². The number of anilines is 1. The molecule has 78 valence electrons. The molecule has 1 saturated heterocycles. The standard InChI is InChI=1S/C12H14N2O/c1-2-12(15)8-14(9-12)11-5-3-10(7-13)4-6-11/h3-6,15H,2,8-9H2,1H3. The molecule has 1 aliphatic rings. The lowest BCUT2D eigenvalue weighted by Gasteiger charge is -2.47. The first-order chi connectivity index (χ1) is 7.17. The normalized spacial score (nSPS) is 18.1. The monoisotopic (exact) mass is 202 g/mol. The first kappa shape index (κ1) is 10.0. The summed E-state index contributed by atoms with van der Waals surface area (Å²) in [5, 5.41) is 18.5. The summed E-state index contributed by atoms with van der Waals surface area (Å²) in [6.07, 6.45) is 0.791. The molecule has 15 heavy (non-hydrogen) atoms. The molecule has 0 spiro atoms. The third kappa shape index (κ3) is 1.81. The van der Waals surface area contributed by atoms with Crippen molar-refractivity contribution in [3.8, 4) is 6.07 Å². The van der Waals surface area contributed by atoms with Gasteiger partial charge in [-0.25, -0.2) is 0 Å². The number of rotatable bonds is 2. The van der Waals surface area contributed by atoms with E-state index in [0.29, 0.717) is 18.7 Å². The van der Waals surface area contributed by atoms with E-state index in [1.54, 1.807) is 12.1 Å². The molecule has 1 aromatic carbocycles. The largest absolute Gasteiger partial charge is 0.386 e. The summed E-state index contributed by atoms with van der Waals surface area (Å²) in [7, 11) is 0. The van der Waals surface area contributed by atoms with Gasteiger partial charge < -0.3 is 10.0 Å². The third-order valence-corrected chi connectivity index (χ3v) is 2.99. The van der Waals surface area contributed by atoms with Crippen molar-refractivity contribution in [3.63, 3.8) is 0 Å². The summed E-state index contributed by atoms with van der Waals surface area (Å²) in [5.41, 5.74) is 1.24. The first-order valence-corrected chi connectivity index (χ1v) is 5.14. The van der Waals surface area contributed by atoms with Crippen LogP contribution in [0, 0.1) is 11.3 Å². The van der Waals surface area contributed by atoms with E-state index in [2.05, 4.69) is 11.0 Å². The maximum Gasteiger partial charge on any atom is 0.0992 e. The predicted molar refractivity (Wildman–Crippen MR) is 58.6 cm³/mol. The van der Waals surface area contributed by atoms with Gasteiger partial charge >= 0.3 is 0 Å². The van der Waals surface area contributed by atoms with Crippen LogP contribution in [-0.2, 0) is 0 Å². The molecule has 1 N–H and O–H groups in total. The Hall–Kier alpha value is -1.53. The molecule has 0 amide bonds. The van der Waals surface area contributed by atoms with Gasteiger partial charge in [0.25, 0.3) is 0 Å². The molecular weight excluding hydrogens is 188 g/mol. The van der Waals surface area contributed by atoms with Crippen molar-refractivity contribution in [2.24, 2.45) is 0 Å². The summed E-state index contributed by atoms with van der Waals surface area (Å²) < 4.78 is 0. The lowest BCUT2D eigenvalue weighted by Crippen LogP contribution is -2.61. The number of nitriles is 1. The van der Waals surface area contributed by atoms with Crippen LogP contribution in [0.15, 0.2) is 24.3 Å². The van der Waals surface area contributed by atoms with Crippen molar-refractivity contribution in [2.45, 2.75) is 18.9 Å². The van der Waals surface area contributed by atoms with Crippen LogP contribution in [0.4, 0.5) is 5.69 Å². The molecule has 2 rings (SSSR count). The molecule has 3 heteroatoms.